The molecular weight excluding hydrogens is 272 g/mol. The van der Waals surface area contributed by atoms with Gasteiger partial charge in [-0.2, -0.15) is 0 Å². The highest BCUT2D eigenvalue weighted by Crippen LogP contribution is 2.11. The normalized spacial score (nSPS) is 15.9. The number of allylic oxidation sites excluding steroid dienone is 1. The second kappa shape index (κ2) is 6.60. The van der Waals surface area contributed by atoms with E-state index in [1.165, 1.54) is 6.08 Å². The fraction of sp³-hybridized carbons (Fsp3) is 0.200. The van der Waals surface area contributed by atoms with Crippen LogP contribution in [0.5, 0.6) is 0 Å². The van der Waals surface area contributed by atoms with Crippen LogP contribution >= 0.6 is 0 Å². The van der Waals surface area contributed by atoms with Crippen molar-refractivity contribution in [3.05, 3.63) is 42.0 Å². The standard InChI is InChI=1S/C15H14N2O4/c18-11(7-6-10-4-2-1-3-5-10)8-9-12-13(19)16-15(21)17-14(12)20/h1-7,12H,8-9H2,(H2,16,17,19,20,21)/b7-6+. The van der Waals surface area contributed by atoms with Crippen molar-refractivity contribution in [3.63, 3.8) is 0 Å². The number of hydrogen-bond donors (Lipinski definition) is 2. The molecule has 6 heteroatoms. The predicted molar refractivity (Wildman–Crippen MR) is 74.9 cm³/mol. The van der Waals surface area contributed by atoms with Crippen LogP contribution in [0.1, 0.15) is 18.4 Å². The van der Waals surface area contributed by atoms with Gasteiger partial charge in [0.2, 0.25) is 11.8 Å². The Kier molecular flexibility index (Phi) is 4.61. The lowest BCUT2D eigenvalue weighted by Crippen LogP contribution is -2.55. The van der Waals surface area contributed by atoms with E-state index >= 15 is 0 Å². The molecule has 0 aromatic heterocycles. The third-order valence-corrected chi connectivity index (χ3v) is 3.05. The molecule has 2 N–H and O–H groups in total. The Morgan fingerprint density at radius 2 is 1.67 bits per heavy atom. The van der Waals surface area contributed by atoms with Gasteiger partial charge in [0.25, 0.3) is 0 Å². The molecule has 0 atom stereocenters. The van der Waals surface area contributed by atoms with Gasteiger partial charge >= 0.3 is 6.03 Å². The number of carbonyl (C=O) groups is 4. The van der Waals surface area contributed by atoms with E-state index in [9.17, 15) is 19.2 Å². The highest BCUT2D eigenvalue weighted by atomic mass is 16.2. The fourth-order valence-electron chi connectivity index (χ4n) is 1.93. The minimum atomic E-state index is -1.00. The lowest BCUT2D eigenvalue weighted by molar-refractivity contribution is -0.136. The largest absolute Gasteiger partial charge is 0.328 e. The molecule has 1 heterocycles. The van der Waals surface area contributed by atoms with Gasteiger partial charge in [-0.25, -0.2) is 4.79 Å². The zero-order chi connectivity index (χ0) is 15.2. The maximum absolute atomic E-state index is 11.7. The van der Waals surface area contributed by atoms with Crippen molar-refractivity contribution >= 4 is 29.7 Å². The van der Waals surface area contributed by atoms with Crippen LogP contribution in [0.2, 0.25) is 0 Å². The third-order valence-electron chi connectivity index (χ3n) is 3.05. The van der Waals surface area contributed by atoms with Gasteiger partial charge in [-0.15, -0.1) is 0 Å². The molecular formula is C15H14N2O4. The fourth-order valence-corrected chi connectivity index (χ4v) is 1.93. The molecule has 0 spiro atoms. The smallest absolute Gasteiger partial charge is 0.295 e. The summed E-state index contributed by atoms with van der Waals surface area (Å²) in [5.74, 6) is -2.51. The lowest BCUT2D eigenvalue weighted by atomic mass is 9.98. The first-order valence-corrected chi connectivity index (χ1v) is 6.48. The van der Waals surface area contributed by atoms with Crippen molar-refractivity contribution in [3.8, 4) is 0 Å². The Hall–Kier alpha value is -2.76. The molecule has 2 rings (SSSR count). The summed E-state index contributed by atoms with van der Waals surface area (Å²) in [7, 11) is 0. The molecule has 6 nitrogen and oxygen atoms in total. The first-order chi connectivity index (χ1) is 10.1. The molecule has 1 aliphatic rings. The molecule has 1 aromatic rings. The van der Waals surface area contributed by atoms with Crippen molar-refractivity contribution in [1.29, 1.82) is 0 Å². The van der Waals surface area contributed by atoms with E-state index in [1.54, 1.807) is 6.08 Å². The molecule has 1 aromatic carbocycles. The Morgan fingerprint density at radius 3 is 2.29 bits per heavy atom. The number of amides is 4. The molecule has 0 saturated carbocycles. The highest BCUT2D eigenvalue weighted by molar-refractivity contribution is 6.16. The molecule has 0 bridgehead atoms. The molecule has 21 heavy (non-hydrogen) atoms. The maximum Gasteiger partial charge on any atom is 0.328 e. The monoisotopic (exact) mass is 286 g/mol. The minimum Gasteiger partial charge on any atom is -0.295 e. The summed E-state index contributed by atoms with van der Waals surface area (Å²) in [5.41, 5.74) is 0.893. The van der Waals surface area contributed by atoms with E-state index in [0.29, 0.717) is 0 Å². The number of hydrogen-bond acceptors (Lipinski definition) is 4. The average molecular weight is 286 g/mol. The number of carbonyl (C=O) groups excluding carboxylic acids is 4. The van der Waals surface area contributed by atoms with Gasteiger partial charge < -0.3 is 0 Å². The number of imide groups is 2. The molecule has 108 valence electrons. The van der Waals surface area contributed by atoms with Gasteiger partial charge in [0, 0.05) is 6.42 Å². The van der Waals surface area contributed by atoms with E-state index in [4.69, 9.17) is 0 Å². The van der Waals surface area contributed by atoms with E-state index in [-0.39, 0.29) is 18.6 Å². The topological polar surface area (TPSA) is 92.3 Å². The molecule has 0 unspecified atom stereocenters. The molecule has 1 fully saturated rings. The molecule has 0 aliphatic carbocycles. The summed E-state index contributed by atoms with van der Waals surface area (Å²) in [6.45, 7) is 0. The van der Waals surface area contributed by atoms with Gasteiger partial charge in [-0.1, -0.05) is 36.4 Å². The van der Waals surface area contributed by atoms with Crippen LogP contribution in [-0.4, -0.2) is 23.6 Å². The van der Waals surface area contributed by atoms with Gasteiger partial charge in [0.15, 0.2) is 5.78 Å². The van der Waals surface area contributed by atoms with Crippen LogP contribution in [0.3, 0.4) is 0 Å². The van der Waals surface area contributed by atoms with Crippen LogP contribution in [-0.2, 0) is 14.4 Å². The van der Waals surface area contributed by atoms with E-state index in [1.807, 2.05) is 41.0 Å². The molecule has 0 radical (unpaired) electrons. The summed E-state index contributed by atoms with van der Waals surface area (Å²) in [6, 6.07) is 8.49. The second-order valence-electron chi connectivity index (χ2n) is 4.61. The number of barbiturate groups is 1. The van der Waals surface area contributed by atoms with E-state index in [0.717, 1.165) is 5.56 Å². The number of rotatable bonds is 5. The summed E-state index contributed by atoms with van der Waals surface area (Å²) in [4.78, 5) is 45.6. The molecule has 4 amide bonds. The van der Waals surface area contributed by atoms with Crippen molar-refractivity contribution in [2.24, 2.45) is 5.92 Å². The first-order valence-electron chi connectivity index (χ1n) is 6.48. The summed E-state index contributed by atoms with van der Waals surface area (Å²) >= 11 is 0. The number of urea groups is 1. The van der Waals surface area contributed by atoms with Gasteiger partial charge in [-0.3, -0.25) is 25.0 Å². The maximum atomic E-state index is 11.7. The van der Waals surface area contributed by atoms with Gasteiger partial charge in [0.05, 0.1) is 0 Å². The number of benzene rings is 1. The quantitative estimate of drug-likeness (QED) is 0.624. The van der Waals surface area contributed by atoms with Crippen LogP contribution < -0.4 is 10.6 Å². The van der Waals surface area contributed by atoms with Gasteiger partial charge in [0.1, 0.15) is 5.92 Å². The van der Waals surface area contributed by atoms with Gasteiger partial charge in [-0.05, 0) is 18.1 Å². The summed E-state index contributed by atoms with van der Waals surface area (Å²) in [6.07, 6.45) is 3.22. The number of ketones is 1. The van der Waals surface area contributed by atoms with Crippen LogP contribution in [0.15, 0.2) is 36.4 Å². The van der Waals surface area contributed by atoms with E-state index in [2.05, 4.69) is 0 Å². The van der Waals surface area contributed by atoms with Crippen LogP contribution in [0, 0.1) is 5.92 Å². The lowest BCUT2D eigenvalue weighted by Gasteiger charge is -2.19. The first kappa shape index (κ1) is 14.6. The predicted octanol–water partition coefficient (Wildman–Crippen LogP) is 1.03. The SMILES string of the molecule is O=C(/C=C/c1ccccc1)CCC1C(=O)NC(=O)NC1=O. The highest BCUT2D eigenvalue weighted by Gasteiger charge is 2.33. The zero-order valence-electron chi connectivity index (χ0n) is 11.2. The zero-order valence-corrected chi connectivity index (χ0v) is 11.2. The Labute approximate surface area is 121 Å². The second-order valence-corrected chi connectivity index (χ2v) is 4.61. The minimum absolute atomic E-state index is 0.0586. The van der Waals surface area contributed by atoms with Crippen molar-refractivity contribution in [2.75, 3.05) is 0 Å². The van der Waals surface area contributed by atoms with Crippen molar-refractivity contribution in [1.82, 2.24) is 10.6 Å². The average Bonchev–Trinajstić information content (AvgIpc) is 2.45. The molecule has 1 aliphatic heterocycles. The van der Waals surface area contributed by atoms with E-state index < -0.39 is 23.8 Å². The van der Waals surface area contributed by atoms with Crippen molar-refractivity contribution < 1.29 is 19.2 Å². The number of nitrogens with one attached hydrogen (secondary N) is 2. The molecule has 1 saturated heterocycles. The Balaban J connectivity index is 1.86. The summed E-state index contributed by atoms with van der Waals surface area (Å²) < 4.78 is 0. The van der Waals surface area contributed by atoms with Crippen LogP contribution in [0.4, 0.5) is 4.79 Å². The van der Waals surface area contributed by atoms with Crippen LogP contribution in [0.25, 0.3) is 6.08 Å². The Bertz CT molecular complexity index is 587. The van der Waals surface area contributed by atoms with Crippen molar-refractivity contribution in [2.45, 2.75) is 12.8 Å². The Morgan fingerprint density at radius 1 is 1.05 bits per heavy atom. The third kappa shape index (κ3) is 4.10. The summed E-state index contributed by atoms with van der Waals surface area (Å²) in [5, 5.41) is 4.00.